The fourth-order valence-corrected chi connectivity index (χ4v) is 2.91. The van der Waals surface area contributed by atoms with Gasteiger partial charge in [-0.3, -0.25) is 10.1 Å². The third kappa shape index (κ3) is 3.91. The van der Waals surface area contributed by atoms with E-state index in [-0.39, 0.29) is 18.5 Å². The largest absolute Gasteiger partial charge is 0.338 e. The summed E-state index contributed by atoms with van der Waals surface area (Å²) in [5, 5.41) is 11.7. The molecule has 0 aliphatic carbocycles. The number of amides is 1. The van der Waals surface area contributed by atoms with Gasteiger partial charge in [-0.05, 0) is 24.3 Å². The molecular weight excluding hydrogens is 274 g/mol. The van der Waals surface area contributed by atoms with Gasteiger partial charge >= 0.3 is 0 Å². The van der Waals surface area contributed by atoms with Gasteiger partial charge in [0.15, 0.2) is 0 Å². The van der Waals surface area contributed by atoms with Crippen LogP contribution in [-0.2, 0) is 4.79 Å². The Hall–Kier alpha value is -1.66. The molecule has 0 spiro atoms. The molecule has 2 aromatic rings. The monoisotopic (exact) mass is 293 g/mol. The summed E-state index contributed by atoms with van der Waals surface area (Å²) in [6, 6.07) is 5.98. The number of hydrogen-bond donors (Lipinski definition) is 2. The zero-order valence-electron chi connectivity index (χ0n) is 11.8. The highest BCUT2D eigenvalue weighted by Crippen LogP contribution is 2.25. The van der Waals surface area contributed by atoms with Gasteiger partial charge in [-0.15, -0.1) is 11.3 Å². The number of nitrogens with one attached hydrogen (secondary N) is 2. The Labute approximate surface area is 122 Å². The summed E-state index contributed by atoms with van der Waals surface area (Å²) in [7, 11) is 0. The lowest BCUT2D eigenvalue weighted by atomic mass is 10.0. The van der Waals surface area contributed by atoms with E-state index in [9.17, 15) is 4.79 Å². The van der Waals surface area contributed by atoms with Crippen molar-refractivity contribution in [2.24, 2.45) is 5.92 Å². The third-order valence-electron chi connectivity index (χ3n) is 2.89. The summed E-state index contributed by atoms with van der Waals surface area (Å²) in [5.41, 5.74) is 0.743. The molecule has 20 heavy (non-hydrogen) atoms. The first kappa shape index (κ1) is 14.7. The molecule has 0 fully saturated rings. The van der Waals surface area contributed by atoms with Crippen LogP contribution in [0.3, 0.4) is 0 Å². The Morgan fingerprint density at radius 2 is 2.30 bits per heavy atom. The minimum absolute atomic E-state index is 0.136. The van der Waals surface area contributed by atoms with E-state index in [1.165, 1.54) is 4.88 Å². The Balaban J connectivity index is 1.88. The number of rotatable bonds is 6. The Bertz CT molecular complexity index is 549. The van der Waals surface area contributed by atoms with Gasteiger partial charge in [0, 0.05) is 17.0 Å². The van der Waals surface area contributed by atoms with Crippen molar-refractivity contribution in [3.63, 3.8) is 0 Å². The zero-order chi connectivity index (χ0) is 14.5. The molecule has 108 valence electrons. The van der Waals surface area contributed by atoms with Gasteiger partial charge in [0.1, 0.15) is 0 Å². The topological polar surface area (TPSA) is 67.2 Å². The van der Waals surface area contributed by atoms with Crippen molar-refractivity contribution in [2.45, 2.75) is 26.8 Å². The summed E-state index contributed by atoms with van der Waals surface area (Å²) in [6.45, 7) is 6.31. The quantitative estimate of drug-likeness (QED) is 0.859. The van der Waals surface area contributed by atoms with Crippen molar-refractivity contribution < 1.29 is 9.32 Å². The van der Waals surface area contributed by atoms with E-state index < -0.39 is 0 Å². The molecule has 0 saturated carbocycles. The standard InChI is InChI=1S/C14H19N3O2S/c1-9(2)14(11-5-4-6-20-11)15-8-12(18)16-13-7-10(3)17-19-13/h4-7,9,14-15H,8H2,1-3H3,(H,16,18). The van der Waals surface area contributed by atoms with Crippen LogP contribution in [0.15, 0.2) is 28.1 Å². The Kier molecular flexibility index (Phi) is 4.92. The van der Waals surface area contributed by atoms with Gasteiger partial charge in [-0.2, -0.15) is 0 Å². The first-order valence-electron chi connectivity index (χ1n) is 6.56. The van der Waals surface area contributed by atoms with E-state index in [0.29, 0.717) is 11.8 Å². The fraction of sp³-hybridized carbons (Fsp3) is 0.429. The highest BCUT2D eigenvalue weighted by Gasteiger charge is 2.17. The molecule has 1 atom stereocenters. The van der Waals surface area contributed by atoms with Crippen molar-refractivity contribution in [1.82, 2.24) is 10.5 Å². The molecule has 0 aliphatic heterocycles. The number of anilines is 1. The van der Waals surface area contributed by atoms with Crippen LogP contribution in [0.1, 0.15) is 30.5 Å². The number of nitrogens with zero attached hydrogens (tertiary/aromatic N) is 1. The lowest BCUT2D eigenvalue weighted by Gasteiger charge is -2.20. The maximum Gasteiger partial charge on any atom is 0.240 e. The molecule has 1 unspecified atom stereocenters. The molecule has 5 nitrogen and oxygen atoms in total. The molecule has 1 amide bonds. The summed E-state index contributed by atoms with van der Waals surface area (Å²) in [4.78, 5) is 13.1. The maximum atomic E-state index is 11.9. The number of carbonyl (C=O) groups excluding carboxylic acids is 1. The predicted molar refractivity (Wildman–Crippen MR) is 79.8 cm³/mol. The number of thiophene rings is 1. The average molecular weight is 293 g/mol. The Morgan fingerprint density at radius 1 is 1.50 bits per heavy atom. The highest BCUT2D eigenvalue weighted by molar-refractivity contribution is 7.10. The van der Waals surface area contributed by atoms with Crippen LogP contribution in [0.5, 0.6) is 0 Å². The molecule has 0 radical (unpaired) electrons. The molecule has 2 N–H and O–H groups in total. The van der Waals surface area contributed by atoms with Gasteiger partial charge in [0.25, 0.3) is 0 Å². The maximum absolute atomic E-state index is 11.9. The second-order valence-corrected chi connectivity index (χ2v) is 5.98. The highest BCUT2D eigenvalue weighted by atomic mass is 32.1. The van der Waals surface area contributed by atoms with Crippen LogP contribution < -0.4 is 10.6 Å². The van der Waals surface area contributed by atoms with E-state index in [2.05, 4.69) is 35.7 Å². The number of hydrogen-bond acceptors (Lipinski definition) is 5. The van der Waals surface area contributed by atoms with Gasteiger partial charge < -0.3 is 9.84 Å². The average Bonchev–Trinajstić information content (AvgIpc) is 3.01. The third-order valence-corrected chi connectivity index (χ3v) is 3.84. The van der Waals surface area contributed by atoms with E-state index in [0.717, 1.165) is 5.69 Å². The van der Waals surface area contributed by atoms with E-state index in [1.54, 1.807) is 17.4 Å². The van der Waals surface area contributed by atoms with E-state index in [4.69, 9.17) is 4.52 Å². The van der Waals surface area contributed by atoms with Crippen molar-refractivity contribution in [3.8, 4) is 0 Å². The lowest BCUT2D eigenvalue weighted by molar-refractivity contribution is -0.115. The normalized spacial score (nSPS) is 12.6. The number of aromatic nitrogens is 1. The van der Waals surface area contributed by atoms with Crippen molar-refractivity contribution in [1.29, 1.82) is 0 Å². The van der Waals surface area contributed by atoms with Crippen LogP contribution in [0.4, 0.5) is 5.88 Å². The smallest absolute Gasteiger partial charge is 0.240 e. The molecule has 0 bridgehead atoms. The van der Waals surface area contributed by atoms with Crippen molar-refractivity contribution >= 4 is 23.1 Å². The summed E-state index contributed by atoms with van der Waals surface area (Å²) in [5.74, 6) is 0.656. The molecule has 2 rings (SSSR count). The number of aryl methyl sites for hydroxylation is 1. The van der Waals surface area contributed by atoms with Crippen molar-refractivity contribution in [3.05, 3.63) is 34.2 Å². The first-order chi connectivity index (χ1) is 9.56. The van der Waals surface area contributed by atoms with Gasteiger partial charge in [0.2, 0.25) is 11.8 Å². The van der Waals surface area contributed by atoms with Crippen LogP contribution in [-0.4, -0.2) is 17.6 Å². The second kappa shape index (κ2) is 6.67. The van der Waals surface area contributed by atoms with Crippen LogP contribution in [0, 0.1) is 12.8 Å². The van der Waals surface area contributed by atoms with E-state index in [1.807, 2.05) is 18.4 Å². The summed E-state index contributed by atoms with van der Waals surface area (Å²) in [6.07, 6.45) is 0. The predicted octanol–water partition coefficient (Wildman–Crippen LogP) is 2.97. The minimum Gasteiger partial charge on any atom is -0.338 e. The molecule has 0 aromatic carbocycles. The zero-order valence-corrected chi connectivity index (χ0v) is 12.7. The molecule has 0 saturated heterocycles. The second-order valence-electron chi connectivity index (χ2n) is 5.00. The van der Waals surface area contributed by atoms with Crippen LogP contribution in [0.25, 0.3) is 0 Å². The summed E-state index contributed by atoms with van der Waals surface area (Å²) < 4.78 is 4.95. The number of carbonyl (C=O) groups is 1. The fourth-order valence-electron chi connectivity index (χ4n) is 1.94. The van der Waals surface area contributed by atoms with Crippen LogP contribution in [0.2, 0.25) is 0 Å². The van der Waals surface area contributed by atoms with Crippen LogP contribution >= 0.6 is 11.3 Å². The molecular formula is C14H19N3O2S. The van der Waals surface area contributed by atoms with Crippen molar-refractivity contribution in [2.75, 3.05) is 11.9 Å². The van der Waals surface area contributed by atoms with Gasteiger partial charge in [0.05, 0.1) is 12.2 Å². The molecule has 2 aromatic heterocycles. The molecule has 6 heteroatoms. The van der Waals surface area contributed by atoms with Gasteiger partial charge in [-0.25, -0.2) is 0 Å². The SMILES string of the molecule is Cc1cc(NC(=O)CNC(c2cccs2)C(C)C)on1. The lowest BCUT2D eigenvalue weighted by Crippen LogP contribution is -2.33. The Morgan fingerprint density at radius 3 is 2.85 bits per heavy atom. The molecule has 2 heterocycles. The minimum atomic E-state index is -0.136. The van der Waals surface area contributed by atoms with Gasteiger partial charge in [-0.1, -0.05) is 25.1 Å². The summed E-state index contributed by atoms with van der Waals surface area (Å²) >= 11 is 1.70. The van der Waals surface area contributed by atoms with E-state index >= 15 is 0 Å². The molecule has 0 aliphatic rings. The first-order valence-corrected chi connectivity index (χ1v) is 7.44.